The average molecular weight is 328 g/mol. The lowest BCUT2D eigenvalue weighted by Gasteiger charge is -2.06. The Labute approximate surface area is 125 Å². The fourth-order valence-corrected chi connectivity index (χ4v) is 3.40. The molecule has 10 heteroatoms. The van der Waals surface area contributed by atoms with Crippen molar-refractivity contribution in [2.75, 3.05) is 17.1 Å². The third-order valence-electron chi connectivity index (χ3n) is 2.24. The summed E-state index contributed by atoms with van der Waals surface area (Å²) < 4.78 is 31.4. The molecule has 0 saturated carbocycles. The Morgan fingerprint density at radius 1 is 1.33 bits per heavy atom. The van der Waals surface area contributed by atoms with E-state index in [4.69, 9.17) is 4.74 Å². The Morgan fingerprint density at radius 2 is 2.10 bits per heavy atom. The summed E-state index contributed by atoms with van der Waals surface area (Å²) in [4.78, 5) is 10.9. The fraction of sp³-hybridized carbons (Fsp3) is 0.182. The topological polar surface area (TPSA) is 110 Å². The van der Waals surface area contributed by atoms with Gasteiger partial charge in [0.2, 0.25) is 11.0 Å². The Hall–Kier alpha value is -2.20. The maximum atomic E-state index is 12.1. The summed E-state index contributed by atoms with van der Waals surface area (Å²) >= 11 is 0.761. The molecule has 0 aliphatic heterocycles. The molecule has 0 fully saturated rings. The molecule has 0 bridgehead atoms. The molecule has 0 aliphatic carbocycles. The third-order valence-corrected chi connectivity index (χ3v) is 4.83. The van der Waals surface area contributed by atoms with E-state index in [9.17, 15) is 13.2 Å². The number of hydrogen-bond donors (Lipinski definition) is 2. The molecule has 8 nitrogen and oxygen atoms in total. The zero-order chi connectivity index (χ0) is 15.5. The zero-order valence-corrected chi connectivity index (χ0v) is 12.8. The van der Waals surface area contributed by atoms with Gasteiger partial charge in [0.05, 0.1) is 12.8 Å². The molecular weight excluding hydrogens is 316 g/mol. The number of sulfonamides is 1. The summed E-state index contributed by atoms with van der Waals surface area (Å²) in [7, 11) is -2.38. The summed E-state index contributed by atoms with van der Waals surface area (Å²) in [6.45, 7) is 1.30. The van der Waals surface area contributed by atoms with Crippen molar-refractivity contribution >= 4 is 38.1 Å². The highest BCUT2D eigenvalue weighted by molar-refractivity contribution is 7.94. The number of carbonyl (C=O) groups excluding carboxylic acids is 1. The van der Waals surface area contributed by atoms with E-state index in [1.54, 1.807) is 18.2 Å². The first-order chi connectivity index (χ1) is 9.90. The SMILES string of the molecule is COc1cccc(NS(=O)(=O)c2nnc(NC(C)=O)s2)c1. The number of benzene rings is 1. The third kappa shape index (κ3) is 3.89. The van der Waals surface area contributed by atoms with Crippen molar-refractivity contribution in [3.8, 4) is 5.75 Å². The molecule has 0 atom stereocenters. The second kappa shape index (κ2) is 6.06. The van der Waals surface area contributed by atoms with Crippen LogP contribution in [0.3, 0.4) is 0 Å². The van der Waals surface area contributed by atoms with Crippen LogP contribution in [0.1, 0.15) is 6.92 Å². The lowest BCUT2D eigenvalue weighted by atomic mass is 10.3. The second-order valence-electron chi connectivity index (χ2n) is 3.89. The molecule has 0 radical (unpaired) electrons. The van der Waals surface area contributed by atoms with E-state index < -0.39 is 10.0 Å². The number of amides is 1. The minimum atomic E-state index is -3.87. The molecule has 21 heavy (non-hydrogen) atoms. The van der Waals surface area contributed by atoms with Crippen LogP contribution in [0.25, 0.3) is 0 Å². The van der Waals surface area contributed by atoms with Crippen molar-refractivity contribution in [2.45, 2.75) is 11.3 Å². The molecule has 2 N–H and O–H groups in total. The van der Waals surface area contributed by atoms with Gasteiger partial charge in [-0.05, 0) is 12.1 Å². The average Bonchev–Trinajstić information content (AvgIpc) is 2.87. The van der Waals surface area contributed by atoms with Crippen LogP contribution in [-0.4, -0.2) is 31.6 Å². The Balaban J connectivity index is 2.21. The highest BCUT2D eigenvalue weighted by Gasteiger charge is 2.20. The van der Waals surface area contributed by atoms with Crippen LogP contribution in [0.5, 0.6) is 5.75 Å². The highest BCUT2D eigenvalue weighted by atomic mass is 32.2. The van der Waals surface area contributed by atoms with E-state index in [2.05, 4.69) is 20.2 Å². The molecule has 1 heterocycles. The lowest BCUT2D eigenvalue weighted by Crippen LogP contribution is -2.12. The van der Waals surface area contributed by atoms with E-state index in [1.807, 2.05) is 0 Å². The van der Waals surface area contributed by atoms with Gasteiger partial charge in [0.15, 0.2) is 0 Å². The molecule has 1 aromatic heterocycles. The number of aromatic nitrogens is 2. The Bertz CT molecular complexity index is 757. The number of carbonyl (C=O) groups is 1. The number of anilines is 2. The standard InChI is InChI=1S/C11H12N4O4S2/c1-7(16)12-10-13-14-11(20-10)21(17,18)15-8-4-3-5-9(6-8)19-2/h3-6,15H,1-2H3,(H,12,13,16). The monoisotopic (exact) mass is 328 g/mol. The number of methoxy groups -OCH3 is 1. The van der Waals surface area contributed by atoms with Crippen molar-refractivity contribution in [2.24, 2.45) is 0 Å². The maximum Gasteiger partial charge on any atom is 0.291 e. The van der Waals surface area contributed by atoms with Gasteiger partial charge in [-0.1, -0.05) is 17.4 Å². The van der Waals surface area contributed by atoms with Gasteiger partial charge in [-0.3, -0.25) is 9.52 Å². The largest absolute Gasteiger partial charge is 0.497 e. The van der Waals surface area contributed by atoms with E-state index in [1.165, 1.54) is 20.1 Å². The molecular formula is C11H12N4O4S2. The maximum absolute atomic E-state index is 12.1. The van der Waals surface area contributed by atoms with Crippen LogP contribution in [0.15, 0.2) is 28.6 Å². The van der Waals surface area contributed by atoms with E-state index >= 15 is 0 Å². The number of rotatable bonds is 5. The van der Waals surface area contributed by atoms with Crippen LogP contribution in [0.2, 0.25) is 0 Å². The zero-order valence-electron chi connectivity index (χ0n) is 11.2. The molecule has 0 aliphatic rings. The summed E-state index contributed by atoms with van der Waals surface area (Å²) in [5.41, 5.74) is 0.339. The number of nitrogens with one attached hydrogen (secondary N) is 2. The minimum absolute atomic E-state index is 0.119. The van der Waals surface area contributed by atoms with Gasteiger partial charge >= 0.3 is 0 Å². The first kappa shape index (κ1) is 15.2. The molecule has 112 valence electrons. The quantitative estimate of drug-likeness (QED) is 0.801. The van der Waals surface area contributed by atoms with Crippen LogP contribution >= 0.6 is 11.3 Å². The first-order valence-electron chi connectivity index (χ1n) is 5.68. The van der Waals surface area contributed by atoms with Gasteiger partial charge in [-0.25, -0.2) is 0 Å². The van der Waals surface area contributed by atoms with E-state index in [0.717, 1.165) is 11.3 Å². The van der Waals surface area contributed by atoms with Crippen molar-refractivity contribution in [1.82, 2.24) is 10.2 Å². The molecule has 0 spiro atoms. The van der Waals surface area contributed by atoms with Gasteiger partial charge in [0, 0.05) is 13.0 Å². The van der Waals surface area contributed by atoms with E-state index in [0.29, 0.717) is 11.4 Å². The van der Waals surface area contributed by atoms with Crippen LogP contribution in [0.4, 0.5) is 10.8 Å². The summed E-state index contributed by atoms with van der Waals surface area (Å²) in [6, 6.07) is 6.46. The van der Waals surface area contributed by atoms with Gasteiger partial charge in [0.25, 0.3) is 14.4 Å². The van der Waals surface area contributed by atoms with Gasteiger partial charge < -0.3 is 10.1 Å². The molecule has 0 unspecified atom stereocenters. The van der Waals surface area contributed by atoms with Crippen molar-refractivity contribution < 1.29 is 17.9 Å². The van der Waals surface area contributed by atoms with Gasteiger partial charge in [0.1, 0.15) is 5.75 Å². The van der Waals surface area contributed by atoms with E-state index in [-0.39, 0.29) is 15.4 Å². The number of ether oxygens (including phenoxy) is 1. The first-order valence-corrected chi connectivity index (χ1v) is 7.98. The van der Waals surface area contributed by atoms with Crippen LogP contribution in [-0.2, 0) is 14.8 Å². The van der Waals surface area contributed by atoms with Crippen molar-refractivity contribution in [3.63, 3.8) is 0 Å². The number of hydrogen-bond acceptors (Lipinski definition) is 7. The molecule has 2 rings (SSSR count). The van der Waals surface area contributed by atoms with Gasteiger partial charge in [-0.2, -0.15) is 8.42 Å². The smallest absolute Gasteiger partial charge is 0.291 e. The molecule has 0 saturated heterocycles. The predicted molar refractivity (Wildman–Crippen MR) is 78.0 cm³/mol. The minimum Gasteiger partial charge on any atom is -0.497 e. The molecule has 1 amide bonds. The van der Waals surface area contributed by atoms with Crippen molar-refractivity contribution in [1.29, 1.82) is 0 Å². The highest BCUT2D eigenvalue weighted by Crippen LogP contribution is 2.24. The Morgan fingerprint density at radius 3 is 2.76 bits per heavy atom. The van der Waals surface area contributed by atoms with Crippen LogP contribution < -0.4 is 14.8 Å². The lowest BCUT2D eigenvalue weighted by molar-refractivity contribution is -0.114. The van der Waals surface area contributed by atoms with Crippen molar-refractivity contribution in [3.05, 3.63) is 24.3 Å². The summed E-state index contributed by atoms with van der Waals surface area (Å²) in [5, 5.41) is 9.63. The number of nitrogens with zero attached hydrogens (tertiary/aromatic N) is 2. The molecule has 2 aromatic rings. The molecule has 1 aromatic carbocycles. The van der Waals surface area contributed by atoms with Crippen LogP contribution in [0, 0.1) is 0 Å². The Kier molecular flexibility index (Phi) is 4.38. The summed E-state index contributed by atoms with van der Waals surface area (Å²) in [6.07, 6.45) is 0. The second-order valence-corrected chi connectivity index (χ2v) is 6.73. The van der Waals surface area contributed by atoms with Gasteiger partial charge in [-0.15, -0.1) is 10.2 Å². The normalized spacial score (nSPS) is 11.0. The fourth-order valence-electron chi connectivity index (χ4n) is 1.40. The summed E-state index contributed by atoms with van der Waals surface area (Å²) in [5.74, 6) is 0.169. The predicted octanol–water partition coefficient (Wildman–Crippen LogP) is 1.31.